The number of fused-ring (bicyclic) bond motifs is 1. The molecule has 1 aromatic heterocycles. The number of rotatable bonds is 4. The van der Waals surface area contributed by atoms with E-state index in [-0.39, 0.29) is 23.9 Å². The highest BCUT2D eigenvalue weighted by atomic mass is 32.2. The van der Waals surface area contributed by atoms with E-state index in [1.807, 2.05) is 12.1 Å². The summed E-state index contributed by atoms with van der Waals surface area (Å²) in [5.74, 6) is 0.845. The summed E-state index contributed by atoms with van der Waals surface area (Å²) in [6.45, 7) is 2.00. The van der Waals surface area contributed by atoms with Crippen LogP contribution in [0.2, 0.25) is 0 Å². The standard InChI is InChI=1S/C20H21N3O5S/c24-20(4-1-16-5-7-21-8-6-16)22-9-11-23(12-10-22)29(25,26)17-2-3-18-19(15-17)28-14-13-27-18/h1-8,15H,9-14H2/b4-1+. The lowest BCUT2D eigenvalue weighted by Gasteiger charge is -2.33. The molecule has 0 N–H and O–H groups in total. The molecule has 1 fully saturated rings. The third-order valence-corrected chi connectivity index (χ3v) is 6.72. The van der Waals surface area contributed by atoms with Gasteiger partial charge in [0.25, 0.3) is 0 Å². The van der Waals surface area contributed by atoms with Crippen molar-refractivity contribution in [2.75, 3.05) is 39.4 Å². The SMILES string of the molecule is O=C(/C=C/c1ccncc1)N1CCN(S(=O)(=O)c2ccc3c(c2)OCCO3)CC1. The van der Waals surface area contributed by atoms with Gasteiger partial charge in [-0.1, -0.05) is 0 Å². The Hall–Kier alpha value is -2.91. The molecular weight excluding hydrogens is 394 g/mol. The maximum Gasteiger partial charge on any atom is 0.246 e. The van der Waals surface area contributed by atoms with Crippen LogP contribution in [0, 0.1) is 0 Å². The van der Waals surface area contributed by atoms with Crippen molar-refractivity contribution in [3.63, 3.8) is 0 Å². The highest BCUT2D eigenvalue weighted by Gasteiger charge is 2.30. The normalized spacial score (nSPS) is 17.4. The van der Waals surface area contributed by atoms with Crippen molar-refractivity contribution in [2.45, 2.75) is 4.90 Å². The van der Waals surface area contributed by atoms with Crippen LogP contribution in [0.25, 0.3) is 6.08 Å². The summed E-state index contributed by atoms with van der Waals surface area (Å²) in [4.78, 5) is 18.1. The molecule has 0 atom stereocenters. The lowest BCUT2D eigenvalue weighted by molar-refractivity contribution is -0.127. The molecule has 0 saturated carbocycles. The van der Waals surface area contributed by atoms with Gasteiger partial charge in [-0.2, -0.15) is 4.31 Å². The molecule has 1 amide bonds. The molecule has 0 radical (unpaired) electrons. The number of carbonyl (C=O) groups excluding carboxylic acids is 1. The molecule has 152 valence electrons. The first-order chi connectivity index (χ1) is 14.0. The Bertz CT molecular complexity index is 1020. The predicted octanol–water partition coefficient (Wildman–Crippen LogP) is 1.40. The number of pyridine rings is 1. The van der Waals surface area contributed by atoms with Gasteiger partial charge < -0.3 is 14.4 Å². The average molecular weight is 415 g/mol. The van der Waals surface area contributed by atoms with Gasteiger partial charge in [-0.15, -0.1) is 0 Å². The van der Waals surface area contributed by atoms with Crippen molar-refractivity contribution in [3.05, 3.63) is 54.4 Å². The zero-order chi connectivity index (χ0) is 20.3. The van der Waals surface area contributed by atoms with Crippen molar-refractivity contribution < 1.29 is 22.7 Å². The van der Waals surface area contributed by atoms with E-state index in [1.54, 1.807) is 29.4 Å². The van der Waals surface area contributed by atoms with E-state index >= 15 is 0 Å². The molecule has 0 bridgehead atoms. The quantitative estimate of drug-likeness (QED) is 0.702. The molecule has 2 aliphatic heterocycles. The van der Waals surface area contributed by atoms with Gasteiger partial charge in [0.2, 0.25) is 15.9 Å². The molecule has 4 rings (SSSR count). The van der Waals surface area contributed by atoms with E-state index in [1.165, 1.54) is 22.5 Å². The average Bonchev–Trinajstić information content (AvgIpc) is 2.78. The van der Waals surface area contributed by atoms with Crippen molar-refractivity contribution in [1.82, 2.24) is 14.2 Å². The van der Waals surface area contributed by atoms with Crippen LogP contribution in [0.15, 0.2) is 53.7 Å². The molecule has 29 heavy (non-hydrogen) atoms. The van der Waals surface area contributed by atoms with Gasteiger partial charge in [0.15, 0.2) is 11.5 Å². The molecule has 0 spiro atoms. The number of hydrogen-bond acceptors (Lipinski definition) is 6. The number of hydrogen-bond donors (Lipinski definition) is 0. The summed E-state index contributed by atoms with van der Waals surface area (Å²) in [7, 11) is -3.67. The number of ether oxygens (including phenoxy) is 2. The Morgan fingerprint density at radius 1 is 0.966 bits per heavy atom. The van der Waals surface area contributed by atoms with Crippen molar-refractivity contribution in [2.24, 2.45) is 0 Å². The fourth-order valence-electron chi connectivity index (χ4n) is 3.23. The van der Waals surface area contributed by atoms with Crippen LogP contribution in [-0.2, 0) is 14.8 Å². The van der Waals surface area contributed by atoms with Crippen LogP contribution in [-0.4, -0.2) is 67.9 Å². The smallest absolute Gasteiger partial charge is 0.246 e. The van der Waals surface area contributed by atoms with Gasteiger partial charge >= 0.3 is 0 Å². The summed E-state index contributed by atoms with van der Waals surface area (Å²) >= 11 is 0. The highest BCUT2D eigenvalue weighted by Crippen LogP contribution is 2.33. The molecule has 2 aromatic rings. The van der Waals surface area contributed by atoms with E-state index < -0.39 is 10.0 Å². The second-order valence-corrected chi connectivity index (χ2v) is 8.59. The van der Waals surface area contributed by atoms with E-state index in [0.717, 1.165) is 5.56 Å². The number of nitrogens with zero attached hydrogens (tertiary/aromatic N) is 3. The number of amides is 1. The molecule has 2 aliphatic rings. The first-order valence-corrected chi connectivity index (χ1v) is 10.7. The minimum Gasteiger partial charge on any atom is -0.486 e. The van der Waals surface area contributed by atoms with Crippen molar-refractivity contribution >= 4 is 22.0 Å². The molecule has 0 unspecified atom stereocenters. The molecule has 3 heterocycles. The predicted molar refractivity (Wildman–Crippen MR) is 106 cm³/mol. The molecule has 9 heteroatoms. The number of sulfonamides is 1. The lowest BCUT2D eigenvalue weighted by Crippen LogP contribution is -2.50. The number of piperazine rings is 1. The topological polar surface area (TPSA) is 89.0 Å². The summed E-state index contributed by atoms with van der Waals surface area (Å²) in [5, 5.41) is 0. The van der Waals surface area contributed by atoms with Gasteiger partial charge in [-0.25, -0.2) is 8.42 Å². The van der Waals surface area contributed by atoms with Crippen LogP contribution >= 0.6 is 0 Å². The van der Waals surface area contributed by atoms with Crippen molar-refractivity contribution in [1.29, 1.82) is 0 Å². The van der Waals surface area contributed by atoms with E-state index in [9.17, 15) is 13.2 Å². The zero-order valence-electron chi connectivity index (χ0n) is 15.7. The van der Waals surface area contributed by atoms with E-state index in [0.29, 0.717) is 37.8 Å². The summed E-state index contributed by atoms with van der Waals surface area (Å²) < 4.78 is 38.3. The van der Waals surface area contributed by atoms with Gasteiger partial charge in [0.1, 0.15) is 13.2 Å². The number of carbonyl (C=O) groups is 1. The summed E-state index contributed by atoms with van der Waals surface area (Å²) in [5.41, 5.74) is 0.883. The summed E-state index contributed by atoms with van der Waals surface area (Å²) in [6, 6.07) is 8.25. The van der Waals surface area contributed by atoms with E-state index in [2.05, 4.69) is 4.98 Å². The third kappa shape index (κ3) is 4.25. The first kappa shape index (κ1) is 19.4. The maximum absolute atomic E-state index is 13.0. The fourth-order valence-corrected chi connectivity index (χ4v) is 4.67. The molecular formula is C20H21N3O5S. The maximum atomic E-state index is 13.0. The van der Waals surface area contributed by atoms with Crippen LogP contribution in [0.4, 0.5) is 0 Å². The van der Waals surface area contributed by atoms with Crippen LogP contribution in [0.1, 0.15) is 5.56 Å². The van der Waals surface area contributed by atoms with Crippen LogP contribution in [0.5, 0.6) is 11.5 Å². The number of benzene rings is 1. The second-order valence-electron chi connectivity index (χ2n) is 6.65. The Morgan fingerprint density at radius 3 is 2.38 bits per heavy atom. The molecule has 8 nitrogen and oxygen atoms in total. The number of aromatic nitrogens is 1. The monoisotopic (exact) mass is 415 g/mol. The Morgan fingerprint density at radius 2 is 1.66 bits per heavy atom. The molecule has 1 aromatic carbocycles. The lowest BCUT2D eigenvalue weighted by atomic mass is 10.2. The van der Waals surface area contributed by atoms with Crippen molar-refractivity contribution in [3.8, 4) is 11.5 Å². The highest BCUT2D eigenvalue weighted by molar-refractivity contribution is 7.89. The Kier molecular flexibility index (Phi) is 5.50. The zero-order valence-corrected chi connectivity index (χ0v) is 16.5. The molecule has 0 aliphatic carbocycles. The van der Waals surface area contributed by atoms with Gasteiger partial charge in [-0.05, 0) is 35.9 Å². The van der Waals surface area contributed by atoms with E-state index in [4.69, 9.17) is 9.47 Å². The van der Waals surface area contributed by atoms with Crippen LogP contribution in [0.3, 0.4) is 0 Å². The Balaban J connectivity index is 1.40. The van der Waals surface area contributed by atoms with Gasteiger partial charge in [0, 0.05) is 50.7 Å². The van der Waals surface area contributed by atoms with Gasteiger partial charge in [-0.3, -0.25) is 9.78 Å². The minimum absolute atomic E-state index is 0.141. The fraction of sp³-hybridized carbons (Fsp3) is 0.300. The van der Waals surface area contributed by atoms with Gasteiger partial charge in [0.05, 0.1) is 4.90 Å². The summed E-state index contributed by atoms with van der Waals surface area (Å²) in [6.07, 6.45) is 6.54. The minimum atomic E-state index is -3.67. The van der Waals surface area contributed by atoms with Crippen LogP contribution < -0.4 is 9.47 Å². The second kappa shape index (κ2) is 8.22. The third-order valence-electron chi connectivity index (χ3n) is 4.83. The largest absolute Gasteiger partial charge is 0.486 e. The molecule has 1 saturated heterocycles. The first-order valence-electron chi connectivity index (χ1n) is 9.31. The Labute approximate surface area is 169 Å².